The highest BCUT2D eigenvalue weighted by atomic mass is 19.1. The summed E-state index contributed by atoms with van der Waals surface area (Å²) in [6, 6.07) is -1.58. The fourth-order valence-electron chi connectivity index (χ4n) is 6.89. The summed E-state index contributed by atoms with van der Waals surface area (Å²) in [7, 11) is 0. The first-order valence-electron chi connectivity index (χ1n) is 17.3. The van der Waals surface area contributed by atoms with Crippen LogP contribution in [0.15, 0.2) is 23.7 Å². The number of allylic oxidation sites excluding steroid dienone is 3. The molecule has 0 aromatic carbocycles. The summed E-state index contributed by atoms with van der Waals surface area (Å²) in [5.74, 6) is -1.33. The van der Waals surface area contributed by atoms with Crippen LogP contribution in [0.25, 0.3) is 0 Å². The first kappa shape index (κ1) is 37.4. The number of piperidine rings is 2. The summed E-state index contributed by atoms with van der Waals surface area (Å²) in [4.78, 5) is 29.3. The van der Waals surface area contributed by atoms with E-state index < -0.39 is 36.4 Å². The van der Waals surface area contributed by atoms with Gasteiger partial charge in [0, 0.05) is 42.3 Å². The zero-order valence-corrected chi connectivity index (χ0v) is 28.7. The largest absolute Gasteiger partial charge is 0.372 e. The van der Waals surface area contributed by atoms with Gasteiger partial charge in [-0.05, 0) is 84.5 Å². The maximum atomic E-state index is 16.0. The van der Waals surface area contributed by atoms with Crippen molar-refractivity contribution in [3.05, 3.63) is 23.7 Å². The molecule has 0 aromatic rings. The van der Waals surface area contributed by atoms with Gasteiger partial charge in [0.15, 0.2) is 0 Å². The molecular formula is C34H61F2N7O2. The third-order valence-corrected chi connectivity index (χ3v) is 9.74. The number of hydrogen-bond acceptors (Lipinski definition) is 7. The molecule has 45 heavy (non-hydrogen) atoms. The van der Waals surface area contributed by atoms with Crippen LogP contribution in [0.2, 0.25) is 0 Å². The van der Waals surface area contributed by atoms with Crippen molar-refractivity contribution in [3.8, 4) is 0 Å². The smallest absolute Gasteiger partial charge is 0.228 e. The molecule has 3 aliphatic rings. The molecule has 3 heterocycles. The van der Waals surface area contributed by atoms with Gasteiger partial charge >= 0.3 is 0 Å². The Hall–Kier alpha value is -2.08. The Kier molecular flexibility index (Phi) is 14.3. The number of carbonyl (C=O) groups excluding carboxylic acids is 2. The van der Waals surface area contributed by atoms with Gasteiger partial charge in [-0.3, -0.25) is 14.5 Å². The molecule has 11 heteroatoms. The van der Waals surface area contributed by atoms with Crippen molar-refractivity contribution in [2.45, 2.75) is 135 Å². The number of nitrogens with zero attached hydrogens (tertiary/aromatic N) is 1. The lowest BCUT2D eigenvalue weighted by atomic mass is 9.84. The lowest BCUT2D eigenvalue weighted by Gasteiger charge is -2.48. The summed E-state index contributed by atoms with van der Waals surface area (Å²) >= 11 is 0. The van der Waals surface area contributed by atoms with Crippen molar-refractivity contribution in [1.29, 1.82) is 0 Å². The fraction of sp³-hybridized carbons (Fsp3) is 0.824. The Labute approximate surface area is 270 Å². The first-order chi connectivity index (χ1) is 21.2. The molecule has 0 spiro atoms. The van der Waals surface area contributed by atoms with Crippen molar-refractivity contribution < 1.29 is 18.4 Å². The van der Waals surface area contributed by atoms with Crippen LogP contribution in [-0.2, 0) is 9.59 Å². The molecule has 0 saturated carbocycles. The summed E-state index contributed by atoms with van der Waals surface area (Å²) in [5, 5.41) is 16.2. The van der Waals surface area contributed by atoms with Crippen LogP contribution in [0.4, 0.5) is 8.78 Å². The third-order valence-electron chi connectivity index (χ3n) is 9.74. The number of nitrogens with one attached hydrogen (secondary N) is 5. The van der Waals surface area contributed by atoms with Gasteiger partial charge in [0.2, 0.25) is 11.8 Å². The van der Waals surface area contributed by atoms with Crippen LogP contribution >= 0.6 is 0 Å². The monoisotopic (exact) mass is 637 g/mol. The van der Waals surface area contributed by atoms with E-state index in [9.17, 15) is 14.0 Å². The van der Waals surface area contributed by atoms with E-state index in [1.165, 1.54) is 6.08 Å². The van der Waals surface area contributed by atoms with Gasteiger partial charge < -0.3 is 32.3 Å². The molecule has 2 fully saturated rings. The molecule has 0 aromatic heterocycles. The third kappa shape index (κ3) is 10.7. The topological polar surface area (TPSA) is 124 Å². The van der Waals surface area contributed by atoms with Crippen LogP contribution in [0.1, 0.15) is 93.4 Å². The molecule has 2 saturated heterocycles. The molecule has 0 radical (unpaired) electrons. The Morgan fingerprint density at radius 3 is 2.42 bits per heavy atom. The van der Waals surface area contributed by atoms with E-state index in [4.69, 9.17) is 5.73 Å². The fourth-order valence-corrected chi connectivity index (χ4v) is 6.89. The number of amides is 2. The SMILES string of the molecule is CCCCCC1NCC(F)C(N2CCC(C(=O)NC(C)(C)C)CC2)C1NC(=O)C1C(C)NC/C(F)=C\C=C(\C(C)CC)NC1N. The second-order valence-electron chi connectivity index (χ2n) is 14.5. The molecule has 3 aliphatic heterocycles. The Morgan fingerprint density at radius 1 is 1.11 bits per heavy atom. The van der Waals surface area contributed by atoms with E-state index in [0.29, 0.717) is 25.9 Å². The highest BCUT2D eigenvalue weighted by Gasteiger charge is 2.46. The van der Waals surface area contributed by atoms with Crippen LogP contribution in [0, 0.1) is 17.8 Å². The van der Waals surface area contributed by atoms with Crippen LogP contribution in [0.5, 0.6) is 0 Å². The normalized spacial score (nSPS) is 34.0. The zero-order valence-electron chi connectivity index (χ0n) is 28.7. The minimum atomic E-state index is -1.19. The molecule has 8 atom stereocenters. The van der Waals surface area contributed by atoms with Crippen LogP contribution < -0.4 is 32.3 Å². The molecule has 2 amide bonds. The molecule has 7 N–H and O–H groups in total. The molecule has 258 valence electrons. The molecule has 3 rings (SSSR count). The van der Waals surface area contributed by atoms with E-state index in [-0.39, 0.29) is 54.1 Å². The molecule has 9 nitrogen and oxygen atoms in total. The average molecular weight is 638 g/mol. The van der Waals surface area contributed by atoms with Crippen molar-refractivity contribution in [2.75, 3.05) is 26.2 Å². The van der Waals surface area contributed by atoms with E-state index in [2.05, 4.69) is 38.4 Å². The van der Waals surface area contributed by atoms with E-state index >= 15 is 4.39 Å². The van der Waals surface area contributed by atoms with E-state index in [0.717, 1.165) is 37.8 Å². The van der Waals surface area contributed by atoms with Crippen LogP contribution in [0.3, 0.4) is 0 Å². The van der Waals surface area contributed by atoms with Crippen molar-refractivity contribution in [2.24, 2.45) is 23.5 Å². The second kappa shape index (κ2) is 17.2. The summed E-state index contributed by atoms with van der Waals surface area (Å²) in [6.07, 6.45) is 7.22. The van der Waals surface area contributed by atoms with Gasteiger partial charge in [0.25, 0.3) is 0 Å². The van der Waals surface area contributed by atoms with Crippen molar-refractivity contribution >= 4 is 11.8 Å². The Morgan fingerprint density at radius 2 is 1.80 bits per heavy atom. The number of alkyl halides is 1. The predicted molar refractivity (Wildman–Crippen MR) is 178 cm³/mol. The van der Waals surface area contributed by atoms with Gasteiger partial charge in [-0.15, -0.1) is 0 Å². The molecule has 0 aliphatic carbocycles. The highest BCUT2D eigenvalue weighted by Crippen LogP contribution is 2.28. The number of rotatable bonds is 10. The lowest BCUT2D eigenvalue weighted by molar-refractivity contribution is -0.129. The van der Waals surface area contributed by atoms with E-state index in [1.807, 2.05) is 41.5 Å². The van der Waals surface area contributed by atoms with Gasteiger partial charge in [0.05, 0.1) is 24.2 Å². The quantitative estimate of drug-likeness (QED) is 0.202. The van der Waals surface area contributed by atoms with Crippen LogP contribution in [-0.4, -0.2) is 84.9 Å². The summed E-state index contributed by atoms with van der Waals surface area (Å²) in [5.41, 5.74) is 7.18. The maximum absolute atomic E-state index is 16.0. The number of unbranched alkanes of at least 4 members (excludes halogenated alkanes) is 2. The number of nitrogens with two attached hydrogens (primary N) is 1. The minimum absolute atomic E-state index is 0.0144. The number of carbonyl (C=O) groups is 2. The maximum Gasteiger partial charge on any atom is 0.228 e. The highest BCUT2D eigenvalue weighted by molar-refractivity contribution is 5.81. The molecule has 0 bridgehead atoms. The van der Waals surface area contributed by atoms with Gasteiger partial charge in [-0.25, -0.2) is 8.78 Å². The Balaban J connectivity index is 1.84. The van der Waals surface area contributed by atoms with Gasteiger partial charge in [-0.1, -0.05) is 40.0 Å². The van der Waals surface area contributed by atoms with Crippen molar-refractivity contribution in [3.63, 3.8) is 0 Å². The number of halogens is 2. The average Bonchev–Trinajstić information content (AvgIpc) is 2.98. The summed E-state index contributed by atoms with van der Waals surface area (Å²) in [6.45, 7) is 15.4. The minimum Gasteiger partial charge on any atom is -0.372 e. The standard InChI is InChI=1S/C34H61F2N7O2/c1-8-10-11-12-27-29(30(25(36)20-39-27)43-17-15-23(16-18-43)32(44)42-34(5,6)7)41-33(45)28-22(4)38-19-24(35)13-14-26(21(3)9-2)40-31(28)37/h13-14,21-23,25,27-31,38-40H,8-12,15-20,37H2,1-7H3,(H,41,45)(H,42,44)/b24-13+,26-14-. The zero-order chi connectivity index (χ0) is 33.3. The number of likely N-dealkylation sites (tertiary alicyclic amines) is 1. The molecule has 8 unspecified atom stereocenters. The van der Waals surface area contributed by atoms with Gasteiger partial charge in [-0.2, -0.15) is 0 Å². The number of hydrogen-bond donors (Lipinski definition) is 6. The summed E-state index contributed by atoms with van der Waals surface area (Å²) < 4.78 is 30.6. The van der Waals surface area contributed by atoms with Crippen molar-refractivity contribution in [1.82, 2.24) is 31.5 Å². The second-order valence-corrected chi connectivity index (χ2v) is 14.5. The first-order valence-corrected chi connectivity index (χ1v) is 17.3. The Bertz CT molecular complexity index is 1020. The lowest BCUT2D eigenvalue weighted by Crippen LogP contribution is -2.71. The van der Waals surface area contributed by atoms with Gasteiger partial charge in [0.1, 0.15) is 12.0 Å². The van der Waals surface area contributed by atoms with E-state index in [1.54, 1.807) is 6.08 Å². The molecular weight excluding hydrogens is 576 g/mol. The predicted octanol–water partition coefficient (Wildman–Crippen LogP) is 3.62.